The lowest BCUT2D eigenvalue weighted by atomic mass is 10.3. The molecule has 0 spiro atoms. The van der Waals surface area contributed by atoms with Crippen LogP contribution in [-0.4, -0.2) is 18.3 Å². The van der Waals surface area contributed by atoms with Crippen molar-refractivity contribution < 1.29 is 9.84 Å². The third-order valence-corrected chi connectivity index (χ3v) is 1.05. The van der Waals surface area contributed by atoms with Gasteiger partial charge in [0.2, 0.25) is 0 Å². The van der Waals surface area contributed by atoms with Crippen LogP contribution < -0.4 is 4.74 Å². The van der Waals surface area contributed by atoms with Crippen molar-refractivity contribution in [3.05, 3.63) is 30.3 Å². The molecule has 0 aliphatic carbocycles. The Bertz CT molecular complexity index is 172. The molecule has 0 atom stereocenters. The van der Waals surface area contributed by atoms with E-state index in [0.29, 0.717) is 6.61 Å². The molecular weight excluding hydrogens is 128 g/mol. The third-order valence-electron chi connectivity index (χ3n) is 1.05. The Morgan fingerprint density at radius 1 is 1.40 bits per heavy atom. The van der Waals surface area contributed by atoms with E-state index < -0.39 is 0 Å². The summed E-state index contributed by atoms with van der Waals surface area (Å²) in [5.74, 6) is 0.771. The van der Waals surface area contributed by atoms with Crippen molar-refractivity contribution in [1.29, 1.82) is 0 Å². The first-order valence-corrected chi connectivity index (χ1v) is 3.13. The molecule has 0 bridgehead atoms. The first-order chi connectivity index (χ1) is 4.93. The number of aliphatic hydroxyl groups is 1. The molecule has 0 heterocycles. The minimum atomic E-state index is 0.0542. The largest absolute Gasteiger partial charge is 0.491 e. The van der Waals surface area contributed by atoms with Crippen LogP contribution in [0, 0.1) is 6.07 Å². The average molecular weight is 137 g/mol. The second-order valence-corrected chi connectivity index (χ2v) is 1.81. The first-order valence-electron chi connectivity index (χ1n) is 3.13. The molecule has 1 aromatic carbocycles. The molecule has 0 unspecified atom stereocenters. The highest BCUT2D eigenvalue weighted by atomic mass is 16.5. The number of aliphatic hydroxyl groups excluding tert-OH is 1. The highest BCUT2D eigenvalue weighted by Crippen LogP contribution is 2.06. The molecule has 1 N–H and O–H groups in total. The number of rotatable bonds is 3. The standard InChI is InChI=1S/C8H9O2/c9-6-7-10-8-4-2-1-3-5-8/h2-5,9H,6-7H2. The number of ether oxygens (including phenoxy) is 1. The Kier molecular flexibility index (Phi) is 2.77. The minimum absolute atomic E-state index is 0.0542. The molecule has 0 fully saturated rings. The summed E-state index contributed by atoms with van der Waals surface area (Å²) < 4.78 is 5.09. The highest BCUT2D eigenvalue weighted by molar-refractivity contribution is 5.20. The van der Waals surface area contributed by atoms with Crippen LogP contribution >= 0.6 is 0 Å². The molecular formula is C8H9O2. The van der Waals surface area contributed by atoms with E-state index in [1.165, 1.54) is 0 Å². The molecule has 0 aliphatic heterocycles. The lowest BCUT2D eigenvalue weighted by Crippen LogP contribution is -2.00. The fourth-order valence-corrected chi connectivity index (χ4v) is 0.631. The monoisotopic (exact) mass is 137 g/mol. The summed E-state index contributed by atoms with van der Waals surface area (Å²) in [5, 5.41) is 8.39. The van der Waals surface area contributed by atoms with Crippen molar-refractivity contribution >= 4 is 0 Å². The second kappa shape index (κ2) is 3.90. The van der Waals surface area contributed by atoms with Crippen LogP contribution in [0.25, 0.3) is 0 Å². The van der Waals surface area contributed by atoms with E-state index >= 15 is 0 Å². The van der Waals surface area contributed by atoms with Gasteiger partial charge in [0.05, 0.1) is 6.61 Å². The fraction of sp³-hybridized carbons (Fsp3) is 0.250. The van der Waals surface area contributed by atoms with Crippen LogP contribution in [0.3, 0.4) is 0 Å². The van der Waals surface area contributed by atoms with Crippen LogP contribution in [0.2, 0.25) is 0 Å². The van der Waals surface area contributed by atoms with E-state index in [-0.39, 0.29) is 6.61 Å². The summed E-state index contributed by atoms with van der Waals surface area (Å²) in [6.45, 7) is 0.405. The zero-order valence-corrected chi connectivity index (χ0v) is 5.58. The summed E-state index contributed by atoms with van der Waals surface area (Å²) in [6.07, 6.45) is 0. The van der Waals surface area contributed by atoms with Crippen LogP contribution in [0.15, 0.2) is 24.3 Å². The highest BCUT2D eigenvalue weighted by Gasteiger charge is 1.87. The topological polar surface area (TPSA) is 29.5 Å². The summed E-state index contributed by atoms with van der Waals surface area (Å²) in [4.78, 5) is 0. The van der Waals surface area contributed by atoms with E-state index in [4.69, 9.17) is 9.84 Å². The lowest BCUT2D eigenvalue weighted by Gasteiger charge is -2.01. The van der Waals surface area contributed by atoms with E-state index in [1.807, 2.05) is 0 Å². The predicted octanol–water partition coefficient (Wildman–Crippen LogP) is 0.858. The van der Waals surface area contributed by atoms with Crippen molar-refractivity contribution in [2.75, 3.05) is 13.2 Å². The molecule has 0 amide bonds. The minimum Gasteiger partial charge on any atom is -0.491 e. The third kappa shape index (κ3) is 2.07. The van der Waals surface area contributed by atoms with Gasteiger partial charge in [-0.2, -0.15) is 0 Å². The number of hydrogen-bond acceptors (Lipinski definition) is 2. The van der Waals surface area contributed by atoms with E-state index in [2.05, 4.69) is 6.07 Å². The molecule has 0 aromatic heterocycles. The van der Waals surface area contributed by atoms with Gasteiger partial charge in [0.25, 0.3) is 0 Å². The maximum absolute atomic E-state index is 8.39. The van der Waals surface area contributed by atoms with Gasteiger partial charge in [0.1, 0.15) is 12.4 Å². The zero-order chi connectivity index (χ0) is 7.23. The molecule has 1 radical (unpaired) electrons. The van der Waals surface area contributed by atoms with Gasteiger partial charge in [0.15, 0.2) is 0 Å². The van der Waals surface area contributed by atoms with Gasteiger partial charge in [0, 0.05) is 0 Å². The number of hydrogen-bond donors (Lipinski definition) is 1. The average Bonchev–Trinajstić information content (AvgIpc) is 2.03. The Labute approximate surface area is 60.1 Å². The van der Waals surface area contributed by atoms with E-state index in [9.17, 15) is 0 Å². The molecule has 1 rings (SSSR count). The molecule has 2 heteroatoms. The van der Waals surface area contributed by atoms with Crippen LogP contribution in [0.1, 0.15) is 0 Å². The Balaban J connectivity index is 2.43. The SMILES string of the molecule is OCCOc1cc[c]cc1. The normalized spacial score (nSPS) is 9.30. The van der Waals surface area contributed by atoms with Gasteiger partial charge in [-0.1, -0.05) is 12.1 Å². The molecule has 1 aromatic rings. The van der Waals surface area contributed by atoms with Crippen molar-refractivity contribution in [1.82, 2.24) is 0 Å². The summed E-state index contributed by atoms with van der Waals surface area (Å²) in [6, 6.07) is 10.0. The van der Waals surface area contributed by atoms with Crippen LogP contribution in [0.5, 0.6) is 5.75 Å². The number of benzene rings is 1. The zero-order valence-electron chi connectivity index (χ0n) is 5.58. The Morgan fingerprint density at radius 2 is 2.10 bits per heavy atom. The predicted molar refractivity (Wildman–Crippen MR) is 37.9 cm³/mol. The van der Waals surface area contributed by atoms with Gasteiger partial charge >= 0.3 is 0 Å². The summed E-state index contributed by atoms with van der Waals surface area (Å²) in [5.41, 5.74) is 0. The van der Waals surface area contributed by atoms with E-state index in [1.54, 1.807) is 24.3 Å². The van der Waals surface area contributed by atoms with Gasteiger partial charge in [-0.3, -0.25) is 0 Å². The van der Waals surface area contributed by atoms with Crippen LogP contribution in [0.4, 0.5) is 0 Å². The molecule has 0 aliphatic rings. The van der Waals surface area contributed by atoms with Crippen molar-refractivity contribution in [3.8, 4) is 5.75 Å². The quantitative estimate of drug-likeness (QED) is 0.669. The van der Waals surface area contributed by atoms with Gasteiger partial charge < -0.3 is 9.84 Å². The first kappa shape index (κ1) is 7.09. The summed E-state index contributed by atoms with van der Waals surface area (Å²) >= 11 is 0. The van der Waals surface area contributed by atoms with E-state index in [0.717, 1.165) is 5.75 Å². The van der Waals surface area contributed by atoms with Crippen molar-refractivity contribution in [2.45, 2.75) is 0 Å². The molecule has 0 saturated carbocycles. The van der Waals surface area contributed by atoms with Crippen molar-refractivity contribution in [2.24, 2.45) is 0 Å². The lowest BCUT2D eigenvalue weighted by molar-refractivity contribution is 0.201. The van der Waals surface area contributed by atoms with Crippen LogP contribution in [-0.2, 0) is 0 Å². The fourth-order valence-electron chi connectivity index (χ4n) is 0.631. The molecule has 0 saturated heterocycles. The maximum Gasteiger partial charge on any atom is 0.119 e. The molecule has 2 nitrogen and oxygen atoms in total. The molecule has 53 valence electrons. The summed E-state index contributed by atoms with van der Waals surface area (Å²) in [7, 11) is 0. The van der Waals surface area contributed by atoms with Crippen molar-refractivity contribution in [3.63, 3.8) is 0 Å². The van der Waals surface area contributed by atoms with Gasteiger partial charge in [-0.15, -0.1) is 0 Å². The Hall–Kier alpha value is -1.02. The second-order valence-electron chi connectivity index (χ2n) is 1.81. The Morgan fingerprint density at radius 3 is 2.70 bits per heavy atom. The van der Waals surface area contributed by atoms with Gasteiger partial charge in [-0.25, -0.2) is 0 Å². The smallest absolute Gasteiger partial charge is 0.119 e. The van der Waals surface area contributed by atoms with Gasteiger partial charge in [-0.05, 0) is 18.2 Å². The maximum atomic E-state index is 8.39. The molecule has 10 heavy (non-hydrogen) atoms.